The highest BCUT2D eigenvalue weighted by atomic mass is 16.5. The van der Waals surface area contributed by atoms with Gasteiger partial charge in [0, 0.05) is 12.6 Å². The van der Waals surface area contributed by atoms with Crippen molar-refractivity contribution in [2.45, 2.75) is 19.4 Å². The monoisotopic (exact) mass is 440 g/mol. The molecular weight excluding hydrogens is 412 g/mol. The van der Waals surface area contributed by atoms with E-state index < -0.39 is 30.4 Å². The Balaban J connectivity index is 1.66. The summed E-state index contributed by atoms with van der Waals surface area (Å²) in [6, 6.07) is 13.8. The molecule has 8 nitrogen and oxygen atoms in total. The first-order chi connectivity index (χ1) is 15.4. The van der Waals surface area contributed by atoms with Crippen molar-refractivity contribution in [1.82, 2.24) is 10.6 Å². The summed E-state index contributed by atoms with van der Waals surface area (Å²) >= 11 is 0. The fourth-order valence-electron chi connectivity index (χ4n) is 2.66. The maximum absolute atomic E-state index is 12.0. The quantitative estimate of drug-likeness (QED) is 0.410. The SMILES string of the molecule is COc1ccc(C=CC(=O)NC(C)C(=O)OCC(=O)NCCc2ccc(OC)cc2)cc1. The Hall–Kier alpha value is -3.81. The Bertz CT molecular complexity index is 923. The summed E-state index contributed by atoms with van der Waals surface area (Å²) in [7, 11) is 3.17. The zero-order valence-corrected chi connectivity index (χ0v) is 18.4. The predicted molar refractivity (Wildman–Crippen MR) is 120 cm³/mol. The summed E-state index contributed by atoms with van der Waals surface area (Å²) in [4.78, 5) is 35.9. The third kappa shape index (κ3) is 8.51. The number of carbonyl (C=O) groups excluding carboxylic acids is 3. The van der Waals surface area contributed by atoms with Gasteiger partial charge in [-0.25, -0.2) is 4.79 Å². The first-order valence-corrected chi connectivity index (χ1v) is 10.1. The van der Waals surface area contributed by atoms with E-state index in [0.717, 1.165) is 16.9 Å². The van der Waals surface area contributed by atoms with E-state index >= 15 is 0 Å². The Labute approximate surface area is 187 Å². The molecule has 2 N–H and O–H groups in total. The fraction of sp³-hybridized carbons (Fsp3) is 0.292. The Kier molecular flexibility index (Phi) is 9.77. The molecule has 0 bridgehead atoms. The molecular formula is C24H28N2O6. The lowest BCUT2D eigenvalue weighted by atomic mass is 10.1. The molecule has 0 radical (unpaired) electrons. The van der Waals surface area contributed by atoms with Crippen molar-refractivity contribution < 1.29 is 28.6 Å². The lowest BCUT2D eigenvalue weighted by molar-refractivity contribution is -0.150. The Morgan fingerprint density at radius 3 is 2.12 bits per heavy atom. The molecule has 2 amide bonds. The van der Waals surface area contributed by atoms with E-state index in [4.69, 9.17) is 14.2 Å². The second-order valence-electron chi connectivity index (χ2n) is 6.89. The van der Waals surface area contributed by atoms with Crippen molar-refractivity contribution >= 4 is 23.9 Å². The molecule has 0 aliphatic rings. The summed E-state index contributed by atoms with van der Waals surface area (Å²) in [5, 5.41) is 5.19. The van der Waals surface area contributed by atoms with E-state index in [9.17, 15) is 14.4 Å². The average Bonchev–Trinajstić information content (AvgIpc) is 2.81. The molecule has 2 aromatic rings. The minimum absolute atomic E-state index is 0.408. The minimum Gasteiger partial charge on any atom is -0.497 e. The van der Waals surface area contributed by atoms with Gasteiger partial charge in [-0.1, -0.05) is 24.3 Å². The highest BCUT2D eigenvalue weighted by Crippen LogP contribution is 2.12. The lowest BCUT2D eigenvalue weighted by Crippen LogP contribution is -2.40. The molecule has 0 saturated heterocycles. The van der Waals surface area contributed by atoms with Crippen molar-refractivity contribution in [3.8, 4) is 11.5 Å². The molecule has 2 aromatic carbocycles. The van der Waals surface area contributed by atoms with Crippen LogP contribution in [0.3, 0.4) is 0 Å². The first kappa shape index (κ1) is 24.5. The van der Waals surface area contributed by atoms with E-state index in [1.54, 1.807) is 44.6 Å². The van der Waals surface area contributed by atoms with Crippen LogP contribution in [0.15, 0.2) is 54.6 Å². The summed E-state index contributed by atoms with van der Waals surface area (Å²) < 4.78 is 15.1. The molecule has 0 saturated carbocycles. The molecule has 1 unspecified atom stereocenters. The van der Waals surface area contributed by atoms with Crippen LogP contribution in [-0.2, 0) is 25.5 Å². The van der Waals surface area contributed by atoms with Crippen LogP contribution >= 0.6 is 0 Å². The topological polar surface area (TPSA) is 103 Å². The van der Waals surface area contributed by atoms with Crippen LogP contribution in [0, 0.1) is 0 Å². The van der Waals surface area contributed by atoms with E-state index in [2.05, 4.69) is 10.6 Å². The lowest BCUT2D eigenvalue weighted by Gasteiger charge is -2.12. The van der Waals surface area contributed by atoms with Crippen molar-refractivity contribution in [2.75, 3.05) is 27.4 Å². The van der Waals surface area contributed by atoms with Gasteiger partial charge < -0.3 is 24.8 Å². The number of methoxy groups -OCH3 is 2. The number of ether oxygens (including phenoxy) is 3. The highest BCUT2D eigenvalue weighted by molar-refractivity contribution is 5.94. The molecule has 8 heteroatoms. The molecule has 2 rings (SSSR count). The third-order valence-corrected chi connectivity index (χ3v) is 4.50. The second kappa shape index (κ2) is 12.8. The Morgan fingerprint density at radius 1 is 0.938 bits per heavy atom. The van der Waals surface area contributed by atoms with Crippen LogP contribution in [0.4, 0.5) is 0 Å². The van der Waals surface area contributed by atoms with Crippen molar-refractivity contribution in [1.29, 1.82) is 0 Å². The number of hydrogen-bond acceptors (Lipinski definition) is 6. The normalized spacial score (nSPS) is 11.5. The smallest absolute Gasteiger partial charge is 0.328 e. The van der Waals surface area contributed by atoms with E-state index in [1.807, 2.05) is 24.3 Å². The van der Waals surface area contributed by atoms with Crippen LogP contribution in [0.1, 0.15) is 18.1 Å². The number of rotatable bonds is 11. The van der Waals surface area contributed by atoms with Gasteiger partial charge in [-0.3, -0.25) is 9.59 Å². The molecule has 0 aliphatic heterocycles. The van der Waals surface area contributed by atoms with Crippen LogP contribution in [0.25, 0.3) is 6.08 Å². The predicted octanol–water partition coefficient (Wildman–Crippen LogP) is 2.12. The van der Waals surface area contributed by atoms with Gasteiger partial charge in [0.2, 0.25) is 5.91 Å². The summed E-state index contributed by atoms with van der Waals surface area (Å²) in [5.74, 6) is -0.0737. The zero-order chi connectivity index (χ0) is 23.3. The van der Waals surface area contributed by atoms with Crippen LogP contribution in [0.5, 0.6) is 11.5 Å². The van der Waals surface area contributed by atoms with Gasteiger partial charge in [-0.05, 0) is 54.8 Å². The van der Waals surface area contributed by atoms with E-state index in [-0.39, 0.29) is 0 Å². The van der Waals surface area contributed by atoms with Crippen LogP contribution in [-0.4, -0.2) is 51.2 Å². The molecule has 0 fully saturated rings. The molecule has 0 heterocycles. The standard InChI is InChI=1S/C24H28N2O6/c1-17(26-22(27)13-8-18-4-9-20(30-2)10-5-18)24(29)32-16-23(28)25-15-14-19-6-11-21(31-3)12-7-19/h4-13,17H,14-16H2,1-3H3,(H,25,28)(H,26,27). The van der Waals surface area contributed by atoms with Gasteiger partial charge in [0.15, 0.2) is 6.61 Å². The van der Waals surface area contributed by atoms with Gasteiger partial charge in [0.05, 0.1) is 14.2 Å². The third-order valence-electron chi connectivity index (χ3n) is 4.50. The van der Waals surface area contributed by atoms with Gasteiger partial charge in [0.1, 0.15) is 17.5 Å². The average molecular weight is 440 g/mol. The minimum atomic E-state index is -0.893. The highest BCUT2D eigenvalue weighted by Gasteiger charge is 2.17. The van der Waals surface area contributed by atoms with Gasteiger partial charge in [-0.15, -0.1) is 0 Å². The van der Waals surface area contributed by atoms with Crippen molar-refractivity contribution in [3.05, 3.63) is 65.7 Å². The summed E-state index contributed by atoms with van der Waals surface area (Å²) in [5.41, 5.74) is 1.85. The van der Waals surface area contributed by atoms with Crippen LogP contribution in [0.2, 0.25) is 0 Å². The van der Waals surface area contributed by atoms with E-state index in [0.29, 0.717) is 18.7 Å². The molecule has 0 aliphatic carbocycles. The Morgan fingerprint density at radius 2 is 1.53 bits per heavy atom. The number of benzene rings is 2. The molecule has 0 spiro atoms. The number of amides is 2. The molecule has 170 valence electrons. The number of esters is 1. The molecule has 0 aromatic heterocycles. The van der Waals surface area contributed by atoms with E-state index in [1.165, 1.54) is 13.0 Å². The maximum Gasteiger partial charge on any atom is 0.328 e. The van der Waals surface area contributed by atoms with Gasteiger partial charge >= 0.3 is 5.97 Å². The van der Waals surface area contributed by atoms with Gasteiger partial charge in [0.25, 0.3) is 5.91 Å². The summed E-state index contributed by atoms with van der Waals surface area (Å²) in [6.45, 7) is 1.48. The maximum atomic E-state index is 12.0. The van der Waals surface area contributed by atoms with Crippen LogP contribution < -0.4 is 20.1 Å². The second-order valence-corrected chi connectivity index (χ2v) is 6.89. The summed E-state index contributed by atoms with van der Waals surface area (Å²) in [6.07, 6.45) is 3.57. The largest absolute Gasteiger partial charge is 0.497 e. The number of hydrogen-bond donors (Lipinski definition) is 2. The number of nitrogens with one attached hydrogen (secondary N) is 2. The van der Waals surface area contributed by atoms with Gasteiger partial charge in [-0.2, -0.15) is 0 Å². The number of carbonyl (C=O) groups is 3. The first-order valence-electron chi connectivity index (χ1n) is 10.1. The molecule has 32 heavy (non-hydrogen) atoms. The van der Waals surface area contributed by atoms with Crippen molar-refractivity contribution in [2.24, 2.45) is 0 Å². The fourth-order valence-corrected chi connectivity index (χ4v) is 2.66. The molecule has 1 atom stereocenters. The zero-order valence-electron chi connectivity index (χ0n) is 18.4. The van der Waals surface area contributed by atoms with Crippen molar-refractivity contribution in [3.63, 3.8) is 0 Å².